The number of aromatic nitrogens is 2. The molecule has 3 heterocycles. The number of aliphatic imine (C=N–C) groups is 1. The highest BCUT2D eigenvalue weighted by molar-refractivity contribution is 7.80. The standard InChI is InChI=1S/C22H23N3O5S/c1-14-10-15(2)23-17(14)12-19-22(29-3)13-18(24-19)21-11-16-6-4-5-7-20(16)25(21)8-9-30-31(26,27)28/h4-7,10-13,23H,8-9H2,1-3H3,(H,26,27,28). The first-order valence-corrected chi connectivity index (χ1v) is 11.0. The first-order chi connectivity index (χ1) is 14.7. The molecule has 2 N–H and O–H groups in total. The minimum Gasteiger partial charge on any atom is -0.494 e. The quantitative estimate of drug-likeness (QED) is 0.543. The molecule has 3 aromatic rings. The largest absolute Gasteiger partial charge is 0.494 e. The van der Waals surface area contributed by atoms with Gasteiger partial charge in [-0.15, -0.1) is 0 Å². The molecule has 8 nitrogen and oxygen atoms in total. The van der Waals surface area contributed by atoms with Crippen molar-refractivity contribution in [2.24, 2.45) is 4.99 Å². The average Bonchev–Trinajstić information content (AvgIpc) is 3.36. The molecular formula is C22H23N3O5S. The lowest BCUT2D eigenvalue weighted by molar-refractivity contribution is 0.258. The minimum atomic E-state index is -4.51. The van der Waals surface area contributed by atoms with Crippen molar-refractivity contribution < 1.29 is 21.9 Å². The molecule has 4 rings (SSSR count). The molecule has 0 atom stereocenters. The molecule has 1 aliphatic rings. The molecule has 0 saturated heterocycles. The van der Waals surface area contributed by atoms with Crippen molar-refractivity contribution in [2.45, 2.75) is 20.4 Å². The van der Waals surface area contributed by atoms with Gasteiger partial charge in [0, 0.05) is 34.9 Å². The van der Waals surface area contributed by atoms with Gasteiger partial charge in [-0.2, -0.15) is 8.42 Å². The molecule has 0 fully saturated rings. The van der Waals surface area contributed by atoms with E-state index in [0.717, 1.165) is 33.5 Å². The number of aryl methyl sites for hydroxylation is 2. The van der Waals surface area contributed by atoms with Crippen molar-refractivity contribution in [3.8, 4) is 0 Å². The Balaban J connectivity index is 1.76. The van der Waals surface area contributed by atoms with E-state index in [0.29, 0.717) is 17.2 Å². The predicted molar refractivity (Wildman–Crippen MR) is 119 cm³/mol. The third-order valence-corrected chi connectivity index (χ3v) is 5.54. The molecule has 1 aromatic carbocycles. The first kappa shape index (κ1) is 21.1. The van der Waals surface area contributed by atoms with Crippen molar-refractivity contribution in [3.05, 3.63) is 76.6 Å². The molecule has 0 amide bonds. The van der Waals surface area contributed by atoms with E-state index in [1.54, 1.807) is 7.11 Å². The average molecular weight is 442 g/mol. The van der Waals surface area contributed by atoms with Gasteiger partial charge in [-0.3, -0.25) is 4.55 Å². The molecule has 31 heavy (non-hydrogen) atoms. The number of H-pyrrole nitrogens is 1. The maximum atomic E-state index is 11.0. The van der Waals surface area contributed by atoms with Gasteiger partial charge < -0.3 is 14.3 Å². The summed E-state index contributed by atoms with van der Waals surface area (Å²) < 4.78 is 42.8. The Kier molecular flexibility index (Phi) is 5.57. The molecule has 0 spiro atoms. The van der Waals surface area contributed by atoms with Crippen molar-refractivity contribution >= 4 is 33.1 Å². The zero-order valence-corrected chi connectivity index (χ0v) is 18.2. The highest BCUT2D eigenvalue weighted by atomic mass is 32.3. The number of hydrogen-bond acceptors (Lipinski definition) is 5. The summed E-state index contributed by atoms with van der Waals surface area (Å²) in [7, 11) is -2.91. The van der Waals surface area contributed by atoms with E-state index in [1.807, 2.05) is 60.9 Å². The van der Waals surface area contributed by atoms with Crippen LogP contribution in [0.15, 0.2) is 58.9 Å². The van der Waals surface area contributed by atoms with E-state index in [9.17, 15) is 8.42 Å². The molecule has 162 valence electrons. The van der Waals surface area contributed by atoms with Crippen LogP contribution < -0.4 is 0 Å². The second-order valence-electron chi connectivity index (χ2n) is 7.28. The highest BCUT2D eigenvalue weighted by Crippen LogP contribution is 2.29. The number of hydrogen-bond donors (Lipinski definition) is 2. The van der Waals surface area contributed by atoms with Gasteiger partial charge in [0.25, 0.3) is 0 Å². The van der Waals surface area contributed by atoms with Gasteiger partial charge in [0.2, 0.25) is 0 Å². The molecule has 0 unspecified atom stereocenters. The second-order valence-corrected chi connectivity index (χ2v) is 8.37. The number of fused-ring (bicyclic) bond motifs is 1. The number of nitrogens with one attached hydrogen (secondary N) is 1. The Labute approximate surface area is 180 Å². The van der Waals surface area contributed by atoms with Crippen LogP contribution in [0.2, 0.25) is 0 Å². The van der Waals surface area contributed by atoms with Gasteiger partial charge >= 0.3 is 10.4 Å². The first-order valence-electron chi connectivity index (χ1n) is 9.68. The molecular weight excluding hydrogens is 418 g/mol. The van der Waals surface area contributed by atoms with E-state index in [4.69, 9.17) is 14.3 Å². The summed E-state index contributed by atoms with van der Waals surface area (Å²) in [6, 6.07) is 11.8. The zero-order valence-electron chi connectivity index (χ0n) is 17.4. The maximum Gasteiger partial charge on any atom is 0.397 e. The van der Waals surface area contributed by atoms with Crippen LogP contribution in [-0.4, -0.2) is 41.9 Å². The van der Waals surface area contributed by atoms with Gasteiger partial charge in [0.1, 0.15) is 11.5 Å². The van der Waals surface area contributed by atoms with Crippen LogP contribution in [0.5, 0.6) is 0 Å². The molecule has 0 bridgehead atoms. The number of methoxy groups -OCH3 is 1. The lowest BCUT2D eigenvalue weighted by atomic mass is 10.2. The zero-order chi connectivity index (χ0) is 22.2. The van der Waals surface area contributed by atoms with Crippen molar-refractivity contribution in [1.29, 1.82) is 0 Å². The van der Waals surface area contributed by atoms with Crippen molar-refractivity contribution in [2.75, 3.05) is 13.7 Å². The molecule has 0 aliphatic carbocycles. The molecule has 0 radical (unpaired) electrons. The highest BCUT2D eigenvalue weighted by Gasteiger charge is 2.21. The van der Waals surface area contributed by atoms with Crippen LogP contribution >= 0.6 is 0 Å². The molecule has 2 aromatic heterocycles. The fourth-order valence-electron chi connectivity index (χ4n) is 3.75. The Morgan fingerprint density at radius 1 is 1.23 bits per heavy atom. The lowest BCUT2D eigenvalue weighted by Gasteiger charge is -2.09. The van der Waals surface area contributed by atoms with E-state index in [-0.39, 0.29) is 13.2 Å². The fraction of sp³-hybridized carbons (Fsp3) is 0.227. The fourth-order valence-corrected chi connectivity index (χ4v) is 4.03. The van der Waals surface area contributed by atoms with Gasteiger partial charge in [-0.1, -0.05) is 18.2 Å². The second kappa shape index (κ2) is 8.18. The van der Waals surface area contributed by atoms with Gasteiger partial charge in [0.05, 0.1) is 25.1 Å². The number of para-hydroxylation sites is 1. The number of nitrogens with zero attached hydrogens (tertiary/aromatic N) is 2. The summed E-state index contributed by atoms with van der Waals surface area (Å²) in [5, 5.41) is 0.979. The van der Waals surface area contributed by atoms with E-state index < -0.39 is 10.4 Å². The smallest absolute Gasteiger partial charge is 0.397 e. The topological polar surface area (TPSA) is 106 Å². The van der Waals surface area contributed by atoms with Crippen molar-refractivity contribution in [3.63, 3.8) is 0 Å². The normalized spacial score (nSPS) is 15.5. The Bertz CT molecular complexity index is 1340. The van der Waals surface area contributed by atoms with Crippen LogP contribution in [0.25, 0.3) is 17.0 Å². The Morgan fingerprint density at radius 2 is 2.00 bits per heavy atom. The summed E-state index contributed by atoms with van der Waals surface area (Å²) in [5.74, 6) is 0.632. The summed E-state index contributed by atoms with van der Waals surface area (Å²) in [4.78, 5) is 8.09. The summed E-state index contributed by atoms with van der Waals surface area (Å²) in [6.45, 7) is 4.03. The number of benzene rings is 1. The molecule has 0 saturated carbocycles. The van der Waals surface area contributed by atoms with Gasteiger partial charge in [0.15, 0.2) is 0 Å². The Hall–Kier alpha value is -3.14. The van der Waals surface area contributed by atoms with Crippen LogP contribution in [-0.2, 0) is 25.9 Å². The third-order valence-electron chi connectivity index (χ3n) is 5.07. The van der Waals surface area contributed by atoms with Crippen molar-refractivity contribution in [1.82, 2.24) is 9.55 Å². The van der Waals surface area contributed by atoms with Crippen LogP contribution in [0.4, 0.5) is 0 Å². The van der Waals surface area contributed by atoms with Crippen LogP contribution in [0.1, 0.15) is 22.6 Å². The number of aromatic amines is 1. The van der Waals surface area contributed by atoms with E-state index >= 15 is 0 Å². The predicted octanol–water partition coefficient (Wildman–Crippen LogP) is 3.78. The van der Waals surface area contributed by atoms with Gasteiger partial charge in [-0.05, 0) is 43.7 Å². The van der Waals surface area contributed by atoms with E-state index in [1.165, 1.54) is 0 Å². The molecule has 9 heteroatoms. The van der Waals surface area contributed by atoms with Crippen LogP contribution in [0.3, 0.4) is 0 Å². The maximum absolute atomic E-state index is 11.0. The van der Waals surface area contributed by atoms with E-state index in [2.05, 4.69) is 15.2 Å². The summed E-state index contributed by atoms with van der Waals surface area (Å²) >= 11 is 0. The van der Waals surface area contributed by atoms with Crippen LogP contribution in [0, 0.1) is 13.8 Å². The number of ether oxygens (including phenoxy) is 1. The number of rotatable bonds is 7. The number of allylic oxidation sites excluding steroid dienone is 1. The molecule has 1 aliphatic heterocycles. The minimum absolute atomic E-state index is 0.206. The lowest BCUT2D eigenvalue weighted by Crippen LogP contribution is -2.14. The summed E-state index contributed by atoms with van der Waals surface area (Å²) in [6.07, 6.45) is 3.80. The third kappa shape index (κ3) is 4.48. The SMILES string of the molecule is COC1=CC(c2cc3ccccc3n2CCOS(=O)(=O)O)=NC1=Cc1[nH]c(C)cc1C. The summed E-state index contributed by atoms with van der Waals surface area (Å²) in [5.41, 5.74) is 6.20. The Morgan fingerprint density at radius 3 is 2.68 bits per heavy atom. The monoisotopic (exact) mass is 441 g/mol. The van der Waals surface area contributed by atoms with Gasteiger partial charge in [-0.25, -0.2) is 9.18 Å².